The standard InChI is InChI=1S/C5H12N8O8.H2N2O2/c14-10(15)6-1-5(2-7-11(16)17,3-8-12(18)19)4-9-13(20)21;1-2(3)4/h6-9H,1-4H2;1H2. The van der Waals surface area contributed by atoms with E-state index in [9.17, 15) is 40.5 Å². The van der Waals surface area contributed by atoms with Gasteiger partial charge in [-0.25, -0.2) is 50.6 Å². The summed E-state index contributed by atoms with van der Waals surface area (Å²) in [5.74, 6) is 3.83. The van der Waals surface area contributed by atoms with Gasteiger partial charge in [-0.2, -0.15) is 5.84 Å². The summed E-state index contributed by atoms with van der Waals surface area (Å²) in [4.78, 5) is 49.8. The quantitative estimate of drug-likeness (QED) is 0.124. The average Bonchev–Trinajstić information content (AvgIpc) is 2.44. The molecule has 0 aromatic heterocycles. The van der Waals surface area contributed by atoms with Crippen molar-refractivity contribution in [3.63, 3.8) is 0 Å². The highest BCUT2D eigenvalue weighted by Crippen LogP contribution is 2.13. The fourth-order valence-corrected chi connectivity index (χ4v) is 1.30. The molecule has 0 aromatic carbocycles. The van der Waals surface area contributed by atoms with Crippen molar-refractivity contribution in [1.29, 1.82) is 0 Å². The molecular formula is C5H14N10O10. The number of hydrogen-bond acceptors (Lipinski definition) is 10. The molecule has 0 spiro atoms. The molecule has 0 unspecified atom stereocenters. The molecule has 0 aliphatic carbocycles. The zero-order chi connectivity index (χ0) is 20.0. The third-order valence-corrected chi connectivity index (χ3v) is 2.33. The summed E-state index contributed by atoms with van der Waals surface area (Å²) in [6.07, 6.45) is 0. The second-order valence-corrected chi connectivity index (χ2v) is 4.15. The van der Waals surface area contributed by atoms with E-state index in [0.29, 0.717) is 0 Å². The Morgan fingerprint density at radius 2 is 0.760 bits per heavy atom. The molecule has 20 heteroatoms. The van der Waals surface area contributed by atoms with Gasteiger partial charge in [-0.15, -0.1) is 21.7 Å². The van der Waals surface area contributed by atoms with Crippen molar-refractivity contribution in [2.45, 2.75) is 0 Å². The second kappa shape index (κ2) is 11.6. The van der Waals surface area contributed by atoms with Gasteiger partial charge in [-0.1, -0.05) is 0 Å². The summed E-state index contributed by atoms with van der Waals surface area (Å²) in [5, 5.41) is 44.9. The van der Waals surface area contributed by atoms with Gasteiger partial charge in [0.25, 0.3) is 0 Å². The van der Waals surface area contributed by atoms with Gasteiger partial charge < -0.3 is 0 Å². The van der Waals surface area contributed by atoms with Crippen molar-refractivity contribution in [3.05, 3.63) is 50.6 Å². The summed E-state index contributed by atoms with van der Waals surface area (Å²) >= 11 is 0. The van der Waals surface area contributed by atoms with Crippen LogP contribution < -0.4 is 27.5 Å². The number of nitrogens with two attached hydrogens (primary N) is 1. The van der Waals surface area contributed by atoms with Crippen LogP contribution in [0.4, 0.5) is 0 Å². The molecule has 6 N–H and O–H groups in total. The predicted octanol–water partition coefficient (Wildman–Crippen LogP) is -3.77. The molecule has 0 radical (unpaired) electrons. The first-order chi connectivity index (χ1) is 11.4. The lowest BCUT2D eigenvalue weighted by atomic mass is 9.88. The van der Waals surface area contributed by atoms with E-state index >= 15 is 0 Å². The topological polar surface area (TPSA) is 290 Å². The van der Waals surface area contributed by atoms with E-state index in [2.05, 4.69) is 5.84 Å². The zero-order valence-electron chi connectivity index (χ0n) is 12.2. The first kappa shape index (κ1) is 23.3. The van der Waals surface area contributed by atoms with E-state index in [1.807, 2.05) is 0 Å². The molecule has 0 aromatic rings. The molecule has 0 amide bonds. The largest absolute Gasteiger partial charge is 0.235 e. The fraction of sp³-hybridized carbons (Fsp3) is 1.00. The molecular weight excluding hydrogens is 360 g/mol. The van der Waals surface area contributed by atoms with Crippen LogP contribution in [0.1, 0.15) is 0 Å². The van der Waals surface area contributed by atoms with Gasteiger partial charge in [-0.3, -0.25) is 0 Å². The first-order valence-electron chi connectivity index (χ1n) is 5.81. The average molecular weight is 374 g/mol. The third-order valence-electron chi connectivity index (χ3n) is 2.33. The van der Waals surface area contributed by atoms with Crippen LogP contribution in [0.3, 0.4) is 0 Å². The smallest absolute Gasteiger partial charge is 0.157 e. The van der Waals surface area contributed by atoms with Gasteiger partial charge in [0.15, 0.2) is 25.2 Å². The normalized spacial score (nSPS) is 9.60. The third kappa shape index (κ3) is 16.2. The maximum Gasteiger partial charge on any atom is 0.157 e. The Hall–Kier alpha value is -4.00. The van der Waals surface area contributed by atoms with Crippen LogP contribution in [0.15, 0.2) is 0 Å². The fourth-order valence-electron chi connectivity index (χ4n) is 1.30. The van der Waals surface area contributed by atoms with Crippen molar-refractivity contribution in [2.75, 3.05) is 26.2 Å². The van der Waals surface area contributed by atoms with Gasteiger partial charge >= 0.3 is 0 Å². The highest BCUT2D eigenvalue weighted by molar-refractivity contribution is 4.84. The molecule has 0 aliphatic rings. The lowest BCUT2D eigenvalue weighted by Gasteiger charge is -2.27. The van der Waals surface area contributed by atoms with E-state index in [4.69, 9.17) is 10.1 Å². The SMILES string of the molecule is N[N+](=O)[O-].O=[N+]([O-])NCC(CN[N+](=O)[O-])(CN[N+](=O)[O-])CN[N+](=O)[O-]. The van der Waals surface area contributed by atoms with E-state index in [1.165, 1.54) is 0 Å². The Balaban J connectivity index is 0. The summed E-state index contributed by atoms with van der Waals surface area (Å²) < 4.78 is 0. The minimum absolute atomic E-state index is 0.595. The molecule has 25 heavy (non-hydrogen) atoms. The maximum absolute atomic E-state index is 10.3. The molecule has 0 aliphatic heterocycles. The van der Waals surface area contributed by atoms with E-state index in [1.54, 1.807) is 21.7 Å². The lowest BCUT2D eigenvalue weighted by Crippen LogP contribution is -2.56. The molecule has 20 nitrogen and oxygen atoms in total. The van der Waals surface area contributed by atoms with Crippen molar-refractivity contribution < 1.29 is 25.2 Å². The summed E-state index contributed by atoms with van der Waals surface area (Å²) in [5.41, 5.74) is 5.19. The summed E-state index contributed by atoms with van der Waals surface area (Å²) in [6, 6.07) is 0. The van der Waals surface area contributed by atoms with Crippen LogP contribution in [0.25, 0.3) is 0 Å². The van der Waals surface area contributed by atoms with Crippen LogP contribution in [0.5, 0.6) is 0 Å². The Morgan fingerprint density at radius 3 is 0.880 bits per heavy atom. The number of nitro groups is 5. The Labute approximate surface area is 136 Å². The number of nitrogens with one attached hydrogen (secondary N) is 4. The van der Waals surface area contributed by atoms with Gasteiger partial charge in [0.05, 0.1) is 31.6 Å². The Bertz CT molecular complexity index is 415. The van der Waals surface area contributed by atoms with Crippen LogP contribution >= 0.6 is 0 Å². The number of hydrogen-bond donors (Lipinski definition) is 5. The van der Waals surface area contributed by atoms with E-state index in [-0.39, 0.29) is 0 Å². The van der Waals surface area contributed by atoms with Crippen LogP contribution in [-0.2, 0) is 0 Å². The minimum atomic E-state index is -1.58. The highest BCUT2D eigenvalue weighted by Gasteiger charge is 2.37. The Morgan fingerprint density at radius 1 is 0.600 bits per heavy atom. The first-order valence-corrected chi connectivity index (χ1v) is 5.81. The number of rotatable bonds is 12. The van der Waals surface area contributed by atoms with Crippen LogP contribution in [-0.4, -0.2) is 51.3 Å². The van der Waals surface area contributed by atoms with E-state index in [0.717, 1.165) is 0 Å². The highest BCUT2D eigenvalue weighted by atomic mass is 16.7. The van der Waals surface area contributed by atoms with Gasteiger partial charge in [0.1, 0.15) is 0 Å². The van der Waals surface area contributed by atoms with Crippen molar-refractivity contribution in [2.24, 2.45) is 11.3 Å². The maximum atomic E-state index is 10.3. The van der Waals surface area contributed by atoms with Gasteiger partial charge in [-0.05, 0) is 0 Å². The molecule has 0 atom stereocenters. The van der Waals surface area contributed by atoms with Crippen LogP contribution in [0.2, 0.25) is 0 Å². The Kier molecular flexibility index (Phi) is 10.8. The molecule has 0 saturated carbocycles. The minimum Gasteiger partial charge on any atom is -0.235 e. The van der Waals surface area contributed by atoms with Crippen molar-refractivity contribution >= 4 is 0 Å². The molecule has 0 fully saturated rings. The predicted molar refractivity (Wildman–Crippen MR) is 73.6 cm³/mol. The number of nitrogens with zero attached hydrogens (tertiary/aromatic N) is 5. The van der Waals surface area contributed by atoms with Gasteiger partial charge in [0, 0.05) is 0 Å². The molecule has 0 saturated heterocycles. The van der Waals surface area contributed by atoms with Gasteiger partial charge in [0.2, 0.25) is 0 Å². The lowest BCUT2D eigenvalue weighted by molar-refractivity contribution is -0.567. The second-order valence-electron chi connectivity index (χ2n) is 4.15. The zero-order valence-corrected chi connectivity index (χ0v) is 12.2. The summed E-state index contributed by atoms with van der Waals surface area (Å²) in [7, 11) is 0. The van der Waals surface area contributed by atoms with Crippen molar-refractivity contribution in [1.82, 2.24) is 21.7 Å². The molecule has 0 rings (SSSR count). The van der Waals surface area contributed by atoms with Crippen molar-refractivity contribution in [3.8, 4) is 0 Å². The van der Waals surface area contributed by atoms with E-state index < -0.39 is 56.8 Å². The molecule has 144 valence electrons. The number of hydrazine groups is 5. The molecule has 0 heterocycles. The summed E-state index contributed by atoms with van der Waals surface area (Å²) in [6.45, 7) is -2.38. The molecule has 0 bridgehead atoms. The monoisotopic (exact) mass is 374 g/mol. The van der Waals surface area contributed by atoms with Crippen LogP contribution in [0, 0.1) is 56.0 Å².